The molecule has 1 aromatic carbocycles. The zero-order valence-corrected chi connectivity index (χ0v) is 19.3. The number of halogens is 2. The summed E-state index contributed by atoms with van der Waals surface area (Å²) in [4.78, 5) is 0. The highest BCUT2D eigenvalue weighted by atomic mass is 32.1. The maximum Gasteiger partial charge on any atom is 0.165 e. The molecule has 1 aromatic rings. The van der Waals surface area contributed by atoms with E-state index in [4.69, 9.17) is 9.47 Å². The molecule has 0 aromatic heterocycles. The fourth-order valence-corrected chi connectivity index (χ4v) is 3.54. The maximum absolute atomic E-state index is 14.2. The second-order valence-electron chi connectivity index (χ2n) is 6.90. The topological polar surface area (TPSA) is 38.7 Å². The van der Waals surface area contributed by atoms with Crippen LogP contribution in [0.1, 0.15) is 72.3 Å². The summed E-state index contributed by atoms with van der Waals surface area (Å²) in [5.41, 5.74) is -0.408. The predicted molar refractivity (Wildman–Crippen MR) is 116 cm³/mol. The zero-order chi connectivity index (χ0) is 21.9. The number of hydrogen-bond donors (Lipinski definition) is 2. The van der Waals surface area contributed by atoms with Crippen LogP contribution in [0.4, 0.5) is 8.78 Å². The molecule has 1 saturated heterocycles. The summed E-state index contributed by atoms with van der Waals surface area (Å²) < 4.78 is 39.4. The van der Waals surface area contributed by atoms with Crippen LogP contribution in [0, 0.1) is 17.6 Å². The van der Waals surface area contributed by atoms with Crippen LogP contribution in [0.2, 0.25) is 0 Å². The fourth-order valence-electron chi connectivity index (χ4n) is 3.54. The average molecular weight is 421 g/mol. The van der Waals surface area contributed by atoms with Crippen molar-refractivity contribution in [3.63, 3.8) is 0 Å². The Balaban J connectivity index is 0.00000111. The molecule has 0 bridgehead atoms. The Hall–Kier alpha value is -0.850. The van der Waals surface area contributed by atoms with Crippen LogP contribution >= 0.6 is 12.6 Å². The number of benzene rings is 1. The summed E-state index contributed by atoms with van der Waals surface area (Å²) >= 11 is 3.53. The van der Waals surface area contributed by atoms with E-state index >= 15 is 0 Å². The molecule has 2 unspecified atom stereocenters. The molecule has 28 heavy (non-hydrogen) atoms. The third kappa shape index (κ3) is 7.20. The minimum absolute atomic E-state index is 0.0000926. The quantitative estimate of drug-likeness (QED) is 0.590. The molecule has 0 aliphatic carbocycles. The second-order valence-corrected chi connectivity index (χ2v) is 6.90. The van der Waals surface area contributed by atoms with Gasteiger partial charge >= 0.3 is 0 Å². The Morgan fingerprint density at radius 2 is 1.68 bits per heavy atom. The Morgan fingerprint density at radius 1 is 1.11 bits per heavy atom. The summed E-state index contributed by atoms with van der Waals surface area (Å²) in [6, 6.07) is 2.28. The van der Waals surface area contributed by atoms with Crippen molar-refractivity contribution in [2.75, 3.05) is 19.5 Å². The van der Waals surface area contributed by atoms with Gasteiger partial charge in [0.1, 0.15) is 5.82 Å². The molecular formula is C22H38F2O3S. The van der Waals surface area contributed by atoms with Crippen molar-refractivity contribution in [1.82, 2.24) is 0 Å². The number of ether oxygens (including phenoxy) is 2. The molecule has 164 valence electrons. The second kappa shape index (κ2) is 13.4. The zero-order valence-electron chi connectivity index (χ0n) is 18.4. The normalized spacial score (nSPS) is 22.5. The van der Waals surface area contributed by atoms with Crippen LogP contribution in [-0.2, 0) is 4.74 Å². The van der Waals surface area contributed by atoms with E-state index in [1.54, 1.807) is 20.1 Å². The largest absolute Gasteiger partial charge is 0.490 e. The molecule has 0 saturated carbocycles. The summed E-state index contributed by atoms with van der Waals surface area (Å²) in [7, 11) is 0. The van der Waals surface area contributed by atoms with Crippen molar-refractivity contribution in [1.29, 1.82) is 0 Å². The molecule has 0 amide bonds. The van der Waals surface area contributed by atoms with Crippen LogP contribution in [0.5, 0.6) is 5.75 Å². The molecule has 1 N–H and O–H groups in total. The highest BCUT2D eigenvalue weighted by molar-refractivity contribution is 7.79. The van der Waals surface area contributed by atoms with Crippen LogP contribution in [-0.4, -0.2) is 36.3 Å². The number of fused-ring (bicyclic) bond motifs is 3. The van der Waals surface area contributed by atoms with Crippen LogP contribution < -0.4 is 4.74 Å². The van der Waals surface area contributed by atoms with Crippen molar-refractivity contribution in [2.45, 2.75) is 78.4 Å². The predicted octanol–water partition coefficient (Wildman–Crippen LogP) is 6.00. The van der Waals surface area contributed by atoms with E-state index in [0.717, 1.165) is 6.07 Å². The molecule has 3 atom stereocenters. The molecule has 3 rings (SSSR count). The first-order valence-corrected chi connectivity index (χ1v) is 11.2. The third-order valence-corrected chi connectivity index (χ3v) is 4.68. The first-order valence-electron chi connectivity index (χ1n) is 10.3. The number of aliphatic hydroxyl groups is 1. The van der Waals surface area contributed by atoms with Gasteiger partial charge in [-0.1, -0.05) is 27.7 Å². The lowest BCUT2D eigenvalue weighted by Gasteiger charge is -2.42. The van der Waals surface area contributed by atoms with E-state index in [1.807, 2.05) is 27.7 Å². The number of thiol groups is 1. The SMILES string of the molecule is CC.CC.CC(C)(O)CC[C@@H]1OCCC2c3c(F)ccc(F)c3OCC21.CS. The minimum atomic E-state index is -0.763. The first-order chi connectivity index (χ1) is 13.4. The molecule has 0 spiro atoms. The number of rotatable bonds is 3. The lowest BCUT2D eigenvalue weighted by atomic mass is 9.75. The molecule has 3 nitrogen and oxygen atoms in total. The molecule has 0 radical (unpaired) electrons. The summed E-state index contributed by atoms with van der Waals surface area (Å²) in [5.74, 6) is -0.937. The summed E-state index contributed by atoms with van der Waals surface area (Å²) in [5, 5.41) is 9.89. The van der Waals surface area contributed by atoms with Gasteiger partial charge in [0.15, 0.2) is 11.6 Å². The molecule has 2 aliphatic rings. The molecule has 1 fully saturated rings. The molecule has 6 heteroatoms. The van der Waals surface area contributed by atoms with Crippen LogP contribution in [0.25, 0.3) is 0 Å². The van der Waals surface area contributed by atoms with Gasteiger partial charge in [0.05, 0.1) is 18.3 Å². The lowest BCUT2D eigenvalue weighted by molar-refractivity contribution is -0.0735. The first kappa shape index (κ1) is 27.1. The van der Waals surface area contributed by atoms with E-state index < -0.39 is 17.2 Å². The highest BCUT2D eigenvalue weighted by Gasteiger charge is 2.42. The Labute approximate surface area is 175 Å². The van der Waals surface area contributed by atoms with Gasteiger partial charge in [0.25, 0.3) is 0 Å². The Bertz CT molecular complexity index is 561. The van der Waals surface area contributed by atoms with Crippen LogP contribution in [0.3, 0.4) is 0 Å². The third-order valence-electron chi connectivity index (χ3n) is 4.68. The van der Waals surface area contributed by atoms with Gasteiger partial charge in [-0.3, -0.25) is 0 Å². The van der Waals surface area contributed by atoms with E-state index in [2.05, 4.69) is 12.6 Å². The number of hydrogen-bond acceptors (Lipinski definition) is 4. The lowest BCUT2D eigenvalue weighted by Crippen LogP contribution is -2.42. The van der Waals surface area contributed by atoms with Gasteiger partial charge in [-0.25, -0.2) is 8.78 Å². The van der Waals surface area contributed by atoms with Gasteiger partial charge in [-0.15, -0.1) is 0 Å². The molecular weight excluding hydrogens is 382 g/mol. The van der Waals surface area contributed by atoms with E-state index in [0.29, 0.717) is 38.0 Å². The van der Waals surface area contributed by atoms with Gasteiger partial charge in [-0.05, 0) is 51.5 Å². The van der Waals surface area contributed by atoms with Gasteiger partial charge in [0.2, 0.25) is 0 Å². The standard InChI is InChI=1S/C17H22F2O3.2C2H6.CH4S/c1-17(2,20)7-5-14-11-9-22-16-13(19)4-3-12(18)15(16)10(11)6-8-21-14;3*1-2/h3-4,10-11,14,20H,5-9H2,1-2H3;2*1-2H3;2H,1H3/t10?,11?,14-;;;/m0.../s1. The minimum Gasteiger partial charge on any atom is -0.490 e. The summed E-state index contributed by atoms with van der Waals surface area (Å²) in [6.45, 7) is 12.4. The van der Waals surface area contributed by atoms with Crippen molar-refractivity contribution in [3.8, 4) is 5.75 Å². The van der Waals surface area contributed by atoms with E-state index in [-0.39, 0.29) is 23.7 Å². The fraction of sp³-hybridized carbons (Fsp3) is 0.727. The molecule has 2 aliphatic heterocycles. The van der Waals surface area contributed by atoms with Crippen molar-refractivity contribution in [2.24, 2.45) is 5.92 Å². The van der Waals surface area contributed by atoms with Gasteiger partial charge in [-0.2, -0.15) is 12.6 Å². The van der Waals surface area contributed by atoms with E-state index in [9.17, 15) is 13.9 Å². The monoisotopic (exact) mass is 420 g/mol. The maximum atomic E-state index is 14.2. The Morgan fingerprint density at radius 3 is 2.25 bits per heavy atom. The van der Waals surface area contributed by atoms with Gasteiger partial charge < -0.3 is 14.6 Å². The highest BCUT2D eigenvalue weighted by Crippen LogP contribution is 2.46. The van der Waals surface area contributed by atoms with Crippen molar-refractivity contribution in [3.05, 3.63) is 29.3 Å². The summed E-state index contributed by atoms with van der Waals surface area (Å²) in [6.07, 6.45) is 3.54. The van der Waals surface area contributed by atoms with Crippen molar-refractivity contribution < 1.29 is 23.4 Å². The van der Waals surface area contributed by atoms with Crippen molar-refractivity contribution >= 4 is 12.6 Å². The van der Waals surface area contributed by atoms with E-state index in [1.165, 1.54) is 6.07 Å². The Kier molecular flexibility index (Phi) is 13.0. The van der Waals surface area contributed by atoms with Gasteiger partial charge in [0, 0.05) is 24.0 Å². The van der Waals surface area contributed by atoms with Crippen LogP contribution in [0.15, 0.2) is 12.1 Å². The smallest absolute Gasteiger partial charge is 0.165 e. The average Bonchev–Trinajstić information content (AvgIpc) is 2.72. The molecule has 2 heterocycles.